The molecule has 1 aliphatic rings. The van der Waals surface area contributed by atoms with Gasteiger partial charge in [-0.2, -0.15) is 0 Å². The molecule has 1 N–H and O–H groups in total. The Morgan fingerprint density at radius 1 is 0.750 bits per heavy atom. The second-order valence-electron chi connectivity index (χ2n) is 9.89. The van der Waals surface area contributed by atoms with Crippen molar-refractivity contribution in [2.75, 3.05) is 38.1 Å². The number of aromatic nitrogens is 3. The molecule has 36 heavy (non-hydrogen) atoms. The Labute approximate surface area is 212 Å². The summed E-state index contributed by atoms with van der Waals surface area (Å²) in [6, 6.07) is 19.6. The van der Waals surface area contributed by atoms with Crippen LogP contribution < -0.4 is 4.90 Å². The van der Waals surface area contributed by atoms with Crippen LogP contribution in [0, 0.1) is 13.8 Å². The van der Waals surface area contributed by atoms with Gasteiger partial charge in [-0.1, -0.05) is 30.3 Å². The highest BCUT2D eigenvalue weighted by molar-refractivity contribution is 5.96. The molecule has 0 atom stereocenters. The number of anilines is 1. The molecule has 2 aromatic carbocycles. The molecule has 3 aromatic heterocycles. The number of pyridine rings is 2. The van der Waals surface area contributed by atoms with Crippen LogP contribution in [0.5, 0.6) is 0 Å². The molecule has 0 saturated carbocycles. The minimum Gasteiger partial charge on any atom is -0.369 e. The summed E-state index contributed by atoms with van der Waals surface area (Å²) >= 11 is 0. The number of piperazine rings is 1. The number of nitrogens with zero attached hydrogens (tertiary/aromatic N) is 4. The Kier molecular flexibility index (Phi) is 5.78. The van der Waals surface area contributed by atoms with E-state index in [0.29, 0.717) is 0 Å². The summed E-state index contributed by atoms with van der Waals surface area (Å²) in [5.41, 5.74) is 11.9. The fraction of sp³-hybridized carbons (Fsp3) is 0.226. The zero-order valence-electron chi connectivity index (χ0n) is 21.1. The van der Waals surface area contributed by atoms with Gasteiger partial charge in [0.15, 0.2) is 0 Å². The molecule has 4 heterocycles. The Hall–Kier alpha value is -3.96. The molecule has 1 saturated heterocycles. The molecule has 0 bridgehead atoms. The van der Waals surface area contributed by atoms with Crippen molar-refractivity contribution in [3.05, 3.63) is 90.5 Å². The first-order chi connectivity index (χ1) is 17.6. The summed E-state index contributed by atoms with van der Waals surface area (Å²) in [7, 11) is 2.20. The van der Waals surface area contributed by atoms with Gasteiger partial charge in [-0.3, -0.25) is 4.98 Å². The van der Waals surface area contributed by atoms with Crippen LogP contribution in [-0.2, 0) is 0 Å². The zero-order valence-corrected chi connectivity index (χ0v) is 21.1. The SMILES string of the molecule is Cc1cc(-c2cnc3[nH]cc(-c4ccc(-c5cccnc5)cc4)c3c2)cc(C)c1N1CCN(C)CC1. The van der Waals surface area contributed by atoms with Gasteiger partial charge in [0.2, 0.25) is 0 Å². The minimum absolute atomic E-state index is 0.910. The van der Waals surface area contributed by atoms with E-state index in [1.54, 1.807) is 6.20 Å². The number of fused-ring (bicyclic) bond motifs is 1. The Morgan fingerprint density at radius 3 is 2.17 bits per heavy atom. The van der Waals surface area contributed by atoms with Crippen molar-refractivity contribution in [2.45, 2.75) is 13.8 Å². The molecule has 180 valence electrons. The summed E-state index contributed by atoms with van der Waals surface area (Å²) in [5.74, 6) is 0. The number of hydrogen-bond acceptors (Lipinski definition) is 4. The van der Waals surface area contributed by atoms with Gasteiger partial charge < -0.3 is 14.8 Å². The molecule has 0 aliphatic carbocycles. The van der Waals surface area contributed by atoms with Crippen LogP contribution in [-0.4, -0.2) is 53.1 Å². The lowest BCUT2D eigenvalue weighted by Gasteiger charge is -2.36. The fourth-order valence-corrected chi connectivity index (χ4v) is 5.43. The van der Waals surface area contributed by atoms with Gasteiger partial charge in [-0.25, -0.2) is 4.98 Å². The first-order valence-electron chi connectivity index (χ1n) is 12.6. The van der Waals surface area contributed by atoms with Crippen LogP contribution in [0.1, 0.15) is 11.1 Å². The molecule has 5 nitrogen and oxygen atoms in total. The first-order valence-corrected chi connectivity index (χ1v) is 12.6. The van der Waals surface area contributed by atoms with Gasteiger partial charge in [0.05, 0.1) is 0 Å². The highest BCUT2D eigenvalue weighted by Crippen LogP contribution is 2.35. The lowest BCUT2D eigenvalue weighted by Crippen LogP contribution is -2.45. The van der Waals surface area contributed by atoms with Crippen molar-refractivity contribution >= 4 is 16.7 Å². The van der Waals surface area contributed by atoms with Gasteiger partial charge in [-0.05, 0) is 78.5 Å². The van der Waals surface area contributed by atoms with Crippen LogP contribution >= 0.6 is 0 Å². The van der Waals surface area contributed by atoms with Crippen molar-refractivity contribution in [3.63, 3.8) is 0 Å². The first kappa shape index (κ1) is 22.5. The molecule has 5 heteroatoms. The normalized spacial score (nSPS) is 14.5. The summed E-state index contributed by atoms with van der Waals surface area (Å²) in [5, 5.41) is 1.14. The third-order valence-corrected chi connectivity index (χ3v) is 7.37. The van der Waals surface area contributed by atoms with Crippen molar-refractivity contribution in [2.24, 2.45) is 0 Å². The standard InChI is InChI=1S/C31H31N5/c1-21-15-26(16-22(2)30(21)36-13-11-35(3)12-14-36)27-17-28-29(20-34-31(28)33-19-27)24-8-6-23(7-9-24)25-5-4-10-32-18-25/h4-10,15-20H,11-14H2,1-3H3,(H,33,34). The van der Waals surface area contributed by atoms with Crippen LogP contribution in [0.4, 0.5) is 5.69 Å². The Balaban J connectivity index is 1.34. The van der Waals surface area contributed by atoms with E-state index in [4.69, 9.17) is 4.98 Å². The highest BCUT2D eigenvalue weighted by atomic mass is 15.2. The largest absolute Gasteiger partial charge is 0.369 e. The van der Waals surface area contributed by atoms with E-state index < -0.39 is 0 Å². The van der Waals surface area contributed by atoms with Gasteiger partial charge in [0.25, 0.3) is 0 Å². The summed E-state index contributed by atoms with van der Waals surface area (Å²) in [6.45, 7) is 8.86. The van der Waals surface area contributed by atoms with Crippen molar-refractivity contribution in [1.29, 1.82) is 0 Å². The van der Waals surface area contributed by atoms with Crippen LogP contribution in [0.25, 0.3) is 44.4 Å². The molecule has 5 aromatic rings. The average molecular weight is 474 g/mol. The van der Waals surface area contributed by atoms with Crippen LogP contribution in [0.2, 0.25) is 0 Å². The predicted molar refractivity (Wildman–Crippen MR) is 149 cm³/mol. The number of aryl methyl sites for hydroxylation is 2. The van der Waals surface area contributed by atoms with Crippen LogP contribution in [0.3, 0.4) is 0 Å². The smallest absolute Gasteiger partial charge is 0.137 e. The number of aromatic amines is 1. The van der Waals surface area contributed by atoms with E-state index in [1.807, 2.05) is 18.5 Å². The van der Waals surface area contributed by atoms with E-state index in [-0.39, 0.29) is 0 Å². The number of hydrogen-bond donors (Lipinski definition) is 1. The highest BCUT2D eigenvalue weighted by Gasteiger charge is 2.19. The maximum absolute atomic E-state index is 4.77. The molecular weight excluding hydrogens is 442 g/mol. The number of H-pyrrole nitrogens is 1. The Morgan fingerprint density at radius 2 is 1.47 bits per heavy atom. The summed E-state index contributed by atoms with van der Waals surface area (Å²) in [6.07, 6.45) is 7.75. The molecule has 1 aliphatic heterocycles. The quantitative estimate of drug-likeness (QED) is 0.331. The average Bonchev–Trinajstić information content (AvgIpc) is 3.33. The monoisotopic (exact) mass is 473 g/mol. The van der Waals surface area contributed by atoms with Gasteiger partial charge in [0.1, 0.15) is 5.65 Å². The lowest BCUT2D eigenvalue weighted by atomic mass is 9.97. The molecule has 0 unspecified atom stereocenters. The predicted octanol–water partition coefficient (Wildman–Crippen LogP) is 6.33. The third kappa shape index (κ3) is 4.16. The summed E-state index contributed by atoms with van der Waals surface area (Å²) < 4.78 is 0. The molecule has 0 amide bonds. The van der Waals surface area contributed by atoms with Crippen molar-refractivity contribution < 1.29 is 0 Å². The topological polar surface area (TPSA) is 48.1 Å². The molecular formula is C31H31N5. The number of benzene rings is 2. The maximum Gasteiger partial charge on any atom is 0.137 e. The van der Waals surface area contributed by atoms with E-state index >= 15 is 0 Å². The van der Waals surface area contributed by atoms with E-state index in [2.05, 4.69) is 95.4 Å². The van der Waals surface area contributed by atoms with Gasteiger partial charge >= 0.3 is 0 Å². The number of likely N-dealkylation sites (N-methyl/N-ethyl adjacent to an activating group) is 1. The second-order valence-corrected chi connectivity index (χ2v) is 9.89. The molecule has 0 spiro atoms. The van der Waals surface area contributed by atoms with Crippen molar-refractivity contribution in [3.8, 4) is 33.4 Å². The third-order valence-electron chi connectivity index (χ3n) is 7.37. The molecule has 0 radical (unpaired) electrons. The van der Waals surface area contributed by atoms with E-state index in [9.17, 15) is 0 Å². The molecule has 1 fully saturated rings. The summed E-state index contributed by atoms with van der Waals surface area (Å²) in [4.78, 5) is 17.3. The molecule has 6 rings (SSSR count). The van der Waals surface area contributed by atoms with Crippen molar-refractivity contribution in [1.82, 2.24) is 19.9 Å². The zero-order chi connectivity index (χ0) is 24.6. The lowest BCUT2D eigenvalue weighted by molar-refractivity contribution is 0.312. The van der Waals surface area contributed by atoms with Gasteiger partial charge in [0, 0.05) is 73.2 Å². The van der Waals surface area contributed by atoms with E-state index in [0.717, 1.165) is 53.9 Å². The Bertz CT molecular complexity index is 1490. The van der Waals surface area contributed by atoms with Gasteiger partial charge in [-0.15, -0.1) is 0 Å². The number of nitrogens with one attached hydrogen (secondary N) is 1. The fourth-order valence-electron chi connectivity index (χ4n) is 5.43. The second kappa shape index (κ2) is 9.25. The number of rotatable bonds is 4. The minimum atomic E-state index is 0.910. The van der Waals surface area contributed by atoms with E-state index in [1.165, 1.54) is 33.5 Å². The van der Waals surface area contributed by atoms with Crippen LogP contribution in [0.15, 0.2) is 79.4 Å². The maximum atomic E-state index is 4.77.